The minimum Gasteiger partial charge on any atom is -0.443 e. The number of nitrogens with zero attached hydrogens (tertiary/aromatic N) is 2. The Morgan fingerprint density at radius 1 is 1.13 bits per heavy atom. The number of nitrogens with one attached hydrogen (secondary N) is 2. The fraction of sp³-hybridized carbons (Fsp3) is 0.565. The molecule has 0 unspecified atom stereocenters. The first-order valence-electron chi connectivity index (χ1n) is 10.5. The largest absolute Gasteiger partial charge is 0.443 e. The van der Waals surface area contributed by atoms with Crippen molar-refractivity contribution in [2.75, 3.05) is 26.3 Å². The number of guanidine groups is 1. The SMILES string of the molecule is CCNC(=NCc1ncc(C(C)(C)C)o1)NCC1(c2ccccc2)CCOCC1.I. The van der Waals surface area contributed by atoms with E-state index in [2.05, 4.69) is 73.6 Å². The van der Waals surface area contributed by atoms with Crippen molar-refractivity contribution in [2.45, 2.75) is 57.9 Å². The Balaban J connectivity index is 0.00000320. The molecule has 0 radical (unpaired) electrons. The van der Waals surface area contributed by atoms with Crippen molar-refractivity contribution in [2.24, 2.45) is 4.99 Å². The molecule has 0 atom stereocenters. The number of aliphatic imine (C=N–C) groups is 1. The Morgan fingerprint density at radius 2 is 1.83 bits per heavy atom. The molecule has 0 aliphatic carbocycles. The van der Waals surface area contributed by atoms with Crippen LogP contribution in [0.15, 0.2) is 45.9 Å². The monoisotopic (exact) mass is 526 g/mol. The number of hydrogen-bond acceptors (Lipinski definition) is 4. The second-order valence-corrected chi connectivity index (χ2v) is 8.68. The molecule has 30 heavy (non-hydrogen) atoms. The summed E-state index contributed by atoms with van der Waals surface area (Å²) in [6.45, 7) is 12.0. The average Bonchev–Trinajstić information content (AvgIpc) is 3.21. The van der Waals surface area contributed by atoms with E-state index in [1.807, 2.05) is 0 Å². The summed E-state index contributed by atoms with van der Waals surface area (Å²) in [7, 11) is 0. The van der Waals surface area contributed by atoms with Crippen LogP contribution in [0.1, 0.15) is 57.8 Å². The normalized spacial score (nSPS) is 16.6. The summed E-state index contributed by atoms with van der Waals surface area (Å²) in [5.74, 6) is 2.30. The summed E-state index contributed by atoms with van der Waals surface area (Å²) in [5.41, 5.74) is 1.36. The summed E-state index contributed by atoms with van der Waals surface area (Å²) < 4.78 is 11.5. The van der Waals surface area contributed by atoms with Crippen LogP contribution in [0.4, 0.5) is 0 Å². The van der Waals surface area contributed by atoms with Crippen LogP contribution in [0, 0.1) is 0 Å². The molecule has 2 N–H and O–H groups in total. The van der Waals surface area contributed by atoms with Crippen LogP contribution in [-0.2, 0) is 22.1 Å². The van der Waals surface area contributed by atoms with Crippen molar-refractivity contribution >= 4 is 29.9 Å². The Labute approximate surface area is 197 Å². The average molecular weight is 526 g/mol. The third-order valence-electron chi connectivity index (χ3n) is 5.44. The van der Waals surface area contributed by atoms with E-state index in [1.165, 1.54) is 5.56 Å². The van der Waals surface area contributed by atoms with E-state index in [-0.39, 0.29) is 34.8 Å². The van der Waals surface area contributed by atoms with Gasteiger partial charge in [0.05, 0.1) is 6.20 Å². The van der Waals surface area contributed by atoms with Crippen LogP contribution in [0.3, 0.4) is 0 Å². The van der Waals surface area contributed by atoms with Crippen molar-refractivity contribution in [1.29, 1.82) is 0 Å². The molecule has 0 amide bonds. The summed E-state index contributed by atoms with van der Waals surface area (Å²) in [6, 6.07) is 10.7. The van der Waals surface area contributed by atoms with Gasteiger partial charge in [-0.1, -0.05) is 51.1 Å². The van der Waals surface area contributed by atoms with Gasteiger partial charge in [-0.15, -0.1) is 24.0 Å². The zero-order chi connectivity index (χ0) is 20.7. The quantitative estimate of drug-likeness (QED) is 0.332. The van der Waals surface area contributed by atoms with E-state index in [4.69, 9.17) is 14.1 Å². The molecule has 1 aliphatic rings. The van der Waals surface area contributed by atoms with Gasteiger partial charge in [0.1, 0.15) is 12.3 Å². The fourth-order valence-corrected chi connectivity index (χ4v) is 3.59. The Kier molecular flexibility index (Phi) is 9.15. The van der Waals surface area contributed by atoms with Crippen LogP contribution in [0.5, 0.6) is 0 Å². The van der Waals surface area contributed by atoms with E-state index in [9.17, 15) is 0 Å². The molecule has 1 aromatic carbocycles. The molecule has 2 heterocycles. The lowest BCUT2D eigenvalue weighted by atomic mass is 9.74. The smallest absolute Gasteiger partial charge is 0.216 e. The van der Waals surface area contributed by atoms with Crippen LogP contribution in [0.25, 0.3) is 0 Å². The highest BCUT2D eigenvalue weighted by Gasteiger charge is 2.34. The molecule has 0 bridgehead atoms. The molecule has 1 aliphatic heterocycles. The molecule has 166 valence electrons. The van der Waals surface area contributed by atoms with Gasteiger partial charge in [0.15, 0.2) is 5.96 Å². The van der Waals surface area contributed by atoms with Gasteiger partial charge in [0, 0.05) is 37.1 Å². The second kappa shape index (κ2) is 11.1. The predicted octanol–water partition coefficient (Wildman–Crippen LogP) is 4.39. The van der Waals surface area contributed by atoms with E-state index in [1.54, 1.807) is 6.20 Å². The third kappa shape index (κ3) is 6.44. The van der Waals surface area contributed by atoms with Crippen molar-refractivity contribution < 1.29 is 9.15 Å². The van der Waals surface area contributed by atoms with Gasteiger partial charge >= 0.3 is 0 Å². The van der Waals surface area contributed by atoms with Crippen LogP contribution >= 0.6 is 24.0 Å². The Hall–Kier alpha value is -1.61. The minimum atomic E-state index is -0.0527. The number of rotatable bonds is 6. The number of oxazole rings is 1. The maximum Gasteiger partial charge on any atom is 0.216 e. The van der Waals surface area contributed by atoms with Crippen LogP contribution in [-0.4, -0.2) is 37.2 Å². The molecular formula is C23H35IN4O2. The lowest BCUT2D eigenvalue weighted by Gasteiger charge is -2.38. The van der Waals surface area contributed by atoms with E-state index < -0.39 is 0 Å². The minimum absolute atomic E-state index is 0. The highest BCUT2D eigenvalue weighted by atomic mass is 127. The second-order valence-electron chi connectivity index (χ2n) is 8.68. The van der Waals surface area contributed by atoms with E-state index in [0.717, 1.165) is 50.9 Å². The maximum absolute atomic E-state index is 5.87. The first-order valence-corrected chi connectivity index (χ1v) is 10.5. The molecule has 0 saturated carbocycles. The highest BCUT2D eigenvalue weighted by Crippen LogP contribution is 2.34. The molecule has 1 aromatic heterocycles. The van der Waals surface area contributed by atoms with Crippen LogP contribution < -0.4 is 10.6 Å². The molecular weight excluding hydrogens is 491 g/mol. The lowest BCUT2D eigenvalue weighted by Crippen LogP contribution is -2.48. The number of ether oxygens (including phenoxy) is 1. The van der Waals surface area contributed by atoms with Crippen molar-refractivity contribution in [3.8, 4) is 0 Å². The molecule has 1 saturated heterocycles. The highest BCUT2D eigenvalue weighted by molar-refractivity contribution is 14.0. The summed E-state index contributed by atoms with van der Waals surface area (Å²) >= 11 is 0. The van der Waals surface area contributed by atoms with Gasteiger partial charge in [0.25, 0.3) is 0 Å². The lowest BCUT2D eigenvalue weighted by molar-refractivity contribution is 0.0514. The van der Waals surface area contributed by atoms with Gasteiger partial charge in [-0.2, -0.15) is 0 Å². The predicted molar refractivity (Wildman–Crippen MR) is 132 cm³/mol. The third-order valence-corrected chi connectivity index (χ3v) is 5.44. The number of aromatic nitrogens is 1. The fourth-order valence-electron chi connectivity index (χ4n) is 3.59. The maximum atomic E-state index is 5.87. The standard InChI is InChI=1S/C23H34N4O2.HI/c1-5-24-21(26-16-20-25-15-19(29-20)22(2,3)4)27-17-23(11-13-28-14-12-23)18-9-7-6-8-10-18;/h6-10,15H,5,11-14,16-17H2,1-4H3,(H2,24,26,27);1H. The molecule has 0 spiro atoms. The van der Waals surface area contributed by atoms with E-state index in [0.29, 0.717) is 12.4 Å². The van der Waals surface area contributed by atoms with Gasteiger partial charge in [-0.25, -0.2) is 9.98 Å². The Bertz CT molecular complexity index is 793. The molecule has 7 heteroatoms. The molecule has 6 nitrogen and oxygen atoms in total. The summed E-state index contributed by atoms with van der Waals surface area (Å²) in [4.78, 5) is 9.08. The molecule has 3 rings (SSSR count). The number of hydrogen-bond donors (Lipinski definition) is 2. The zero-order valence-corrected chi connectivity index (χ0v) is 20.9. The topological polar surface area (TPSA) is 71.7 Å². The molecule has 2 aromatic rings. The Morgan fingerprint density at radius 3 is 2.43 bits per heavy atom. The number of benzene rings is 1. The van der Waals surface area contributed by atoms with E-state index >= 15 is 0 Å². The van der Waals surface area contributed by atoms with Gasteiger partial charge in [-0.05, 0) is 25.3 Å². The van der Waals surface area contributed by atoms with Crippen LogP contribution in [0.2, 0.25) is 0 Å². The van der Waals surface area contributed by atoms with Gasteiger partial charge in [-0.3, -0.25) is 0 Å². The van der Waals surface area contributed by atoms with Gasteiger partial charge < -0.3 is 19.8 Å². The zero-order valence-electron chi connectivity index (χ0n) is 18.5. The first-order chi connectivity index (χ1) is 13.9. The van der Waals surface area contributed by atoms with Crippen molar-refractivity contribution in [1.82, 2.24) is 15.6 Å². The van der Waals surface area contributed by atoms with Gasteiger partial charge in [0.2, 0.25) is 5.89 Å². The number of halogens is 1. The van der Waals surface area contributed by atoms with Crippen molar-refractivity contribution in [3.63, 3.8) is 0 Å². The first kappa shape index (κ1) is 24.7. The summed E-state index contributed by atoms with van der Waals surface area (Å²) in [6.07, 6.45) is 3.80. The summed E-state index contributed by atoms with van der Waals surface area (Å²) in [5, 5.41) is 6.89. The molecule has 1 fully saturated rings. The van der Waals surface area contributed by atoms with Crippen molar-refractivity contribution in [3.05, 3.63) is 53.7 Å².